The van der Waals surface area contributed by atoms with Gasteiger partial charge in [-0.1, -0.05) is 6.07 Å². The molecule has 1 amide bonds. The van der Waals surface area contributed by atoms with Gasteiger partial charge in [-0.15, -0.1) is 0 Å². The standard InChI is InChI=1S/C20H21N3O2S/c1-13-9-14(2)23(3)20(25)18(13)19(24)22-17(10-15-6-8-26-12-15)16-5-4-7-21-11-16/h4-9,11-12,17H,10H2,1-3H3,(H,22,24). The molecular weight excluding hydrogens is 346 g/mol. The molecule has 0 fully saturated rings. The first-order chi connectivity index (χ1) is 12.5. The van der Waals surface area contributed by atoms with Gasteiger partial charge in [0, 0.05) is 25.1 Å². The molecule has 0 spiro atoms. The topological polar surface area (TPSA) is 64.0 Å². The number of nitrogens with one attached hydrogen (secondary N) is 1. The molecule has 0 aromatic carbocycles. The lowest BCUT2D eigenvalue weighted by Crippen LogP contribution is -2.36. The zero-order valence-corrected chi connectivity index (χ0v) is 15.8. The third kappa shape index (κ3) is 3.75. The molecular formula is C20H21N3O2S. The van der Waals surface area contributed by atoms with Crippen LogP contribution in [0.25, 0.3) is 0 Å². The molecule has 0 saturated heterocycles. The number of carbonyl (C=O) groups excluding carboxylic acids is 1. The first kappa shape index (κ1) is 18.1. The summed E-state index contributed by atoms with van der Waals surface area (Å²) in [7, 11) is 1.68. The van der Waals surface area contributed by atoms with Crippen LogP contribution in [0.5, 0.6) is 0 Å². The number of pyridine rings is 2. The average Bonchev–Trinajstić information content (AvgIpc) is 3.13. The number of nitrogens with zero attached hydrogens (tertiary/aromatic N) is 2. The van der Waals surface area contributed by atoms with Crippen LogP contribution in [-0.2, 0) is 13.5 Å². The first-order valence-corrected chi connectivity index (χ1v) is 9.30. The van der Waals surface area contributed by atoms with Gasteiger partial charge in [-0.2, -0.15) is 11.3 Å². The van der Waals surface area contributed by atoms with Gasteiger partial charge in [-0.3, -0.25) is 14.6 Å². The monoisotopic (exact) mass is 367 g/mol. The van der Waals surface area contributed by atoms with E-state index in [2.05, 4.69) is 15.7 Å². The van der Waals surface area contributed by atoms with Gasteiger partial charge >= 0.3 is 0 Å². The molecule has 0 aliphatic rings. The summed E-state index contributed by atoms with van der Waals surface area (Å²) in [5.74, 6) is -0.354. The van der Waals surface area contributed by atoms with E-state index in [4.69, 9.17) is 0 Å². The minimum absolute atomic E-state index is 0.192. The zero-order chi connectivity index (χ0) is 18.7. The smallest absolute Gasteiger partial charge is 0.263 e. The molecule has 1 atom stereocenters. The van der Waals surface area contributed by atoms with Crippen molar-refractivity contribution in [2.45, 2.75) is 26.3 Å². The van der Waals surface area contributed by atoms with E-state index in [0.717, 1.165) is 16.8 Å². The highest BCUT2D eigenvalue weighted by Crippen LogP contribution is 2.20. The Balaban J connectivity index is 1.93. The molecule has 0 radical (unpaired) electrons. The zero-order valence-electron chi connectivity index (χ0n) is 15.0. The molecule has 0 aliphatic heterocycles. The molecule has 1 unspecified atom stereocenters. The molecule has 0 bridgehead atoms. The highest BCUT2D eigenvalue weighted by atomic mass is 32.1. The molecule has 134 valence electrons. The molecule has 3 aromatic heterocycles. The summed E-state index contributed by atoms with van der Waals surface area (Å²) in [6.07, 6.45) is 4.09. The molecule has 0 saturated carbocycles. The molecule has 6 heteroatoms. The van der Waals surface area contributed by atoms with Crippen LogP contribution in [0, 0.1) is 13.8 Å². The summed E-state index contributed by atoms with van der Waals surface area (Å²) < 4.78 is 1.50. The molecule has 3 heterocycles. The van der Waals surface area contributed by atoms with Crippen molar-refractivity contribution in [2.24, 2.45) is 7.05 Å². The number of hydrogen-bond donors (Lipinski definition) is 1. The van der Waals surface area contributed by atoms with Gasteiger partial charge in [0.05, 0.1) is 6.04 Å². The Hall–Kier alpha value is -2.73. The van der Waals surface area contributed by atoms with E-state index < -0.39 is 0 Å². The van der Waals surface area contributed by atoms with Gasteiger partial charge in [-0.05, 0) is 65.9 Å². The summed E-state index contributed by atoms with van der Waals surface area (Å²) >= 11 is 1.62. The SMILES string of the molecule is Cc1cc(C)n(C)c(=O)c1C(=O)NC(Cc1ccsc1)c1cccnc1. The van der Waals surface area contributed by atoms with Crippen molar-refractivity contribution in [3.63, 3.8) is 0 Å². The summed E-state index contributed by atoms with van der Waals surface area (Å²) in [5, 5.41) is 7.10. The molecule has 3 rings (SSSR count). The fourth-order valence-electron chi connectivity index (χ4n) is 2.96. The van der Waals surface area contributed by atoms with Crippen molar-refractivity contribution in [2.75, 3.05) is 0 Å². The number of rotatable bonds is 5. The third-order valence-electron chi connectivity index (χ3n) is 4.51. The predicted molar refractivity (Wildman–Crippen MR) is 104 cm³/mol. The van der Waals surface area contributed by atoms with Gasteiger partial charge in [0.15, 0.2) is 0 Å². The van der Waals surface area contributed by atoms with Crippen LogP contribution in [0.4, 0.5) is 0 Å². The first-order valence-electron chi connectivity index (χ1n) is 8.36. The molecule has 26 heavy (non-hydrogen) atoms. The lowest BCUT2D eigenvalue weighted by atomic mass is 10.0. The molecule has 1 N–H and O–H groups in total. The maximum atomic E-state index is 12.9. The predicted octanol–water partition coefficient (Wildman–Crippen LogP) is 3.17. The second-order valence-electron chi connectivity index (χ2n) is 6.36. The van der Waals surface area contributed by atoms with Crippen molar-refractivity contribution in [3.8, 4) is 0 Å². The van der Waals surface area contributed by atoms with Crippen molar-refractivity contribution in [1.29, 1.82) is 0 Å². The highest BCUT2D eigenvalue weighted by molar-refractivity contribution is 7.07. The largest absolute Gasteiger partial charge is 0.345 e. The van der Waals surface area contributed by atoms with Gasteiger partial charge in [-0.25, -0.2) is 0 Å². The lowest BCUT2D eigenvalue weighted by Gasteiger charge is -2.19. The Labute approximate surface area is 156 Å². The Morgan fingerprint density at radius 3 is 2.81 bits per heavy atom. The number of amides is 1. The van der Waals surface area contributed by atoms with Crippen LogP contribution in [0.15, 0.2) is 52.2 Å². The van der Waals surface area contributed by atoms with Crippen LogP contribution < -0.4 is 10.9 Å². The molecule has 0 aliphatic carbocycles. The number of thiophene rings is 1. The Kier molecular flexibility index (Phi) is 5.32. The van der Waals surface area contributed by atoms with Crippen LogP contribution in [0.1, 0.15) is 38.8 Å². The van der Waals surface area contributed by atoms with Gasteiger partial charge in [0.2, 0.25) is 0 Å². The Bertz CT molecular complexity index is 963. The normalized spacial score (nSPS) is 12.0. The fraction of sp³-hybridized carbons (Fsp3) is 0.250. The minimum Gasteiger partial charge on any atom is -0.345 e. The van der Waals surface area contributed by atoms with E-state index in [9.17, 15) is 9.59 Å². The molecule has 5 nitrogen and oxygen atoms in total. The highest BCUT2D eigenvalue weighted by Gasteiger charge is 2.21. The van der Waals surface area contributed by atoms with Crippen LogP contribution >= 0.6 is 11.3 Å². The van der Waals surface area contributed by atoms with Crippen LogP contribution in [0.3, 0.4) is 0 Å². The van der Waals surface area contributed by atoms with Crippen molar-refractivity contribution in [1.82, 2.24) is 14.9 Å². The van der Waals surface area contributed by atoms with E-state index in [1.165, 1.54) is 4.57 Å². The number of carbonyl (C=O) groups is 1. The quantitative estimate of drug-likeness (QED) is 0.753. The van der Waals surface area contributed by atoms with E-state index in [1.54, 1.807) is 37.7 Å². The maximum absolute atomic E-state index is 12.9. The van der Waals surface area contributed by atoms with Gasteiger partial charge in [0.1, 0.15) is 5.56 Å². The summed E-state index contributed by atoms with van der Waals surface area (Å²) in [6, 6.07) is 7.42. The van der Waals surface area contributed by atoms with Gasteiger partial charge < -0.3 is 9.88 Å². The maximum Gasteiger partial charge on any atom is 0.263 e. The van der Waals surface area contributed by atoms with E-state index in [-0.39, 0.29) is 23.1 Å². The van der Waals surface area contributed by atoms with E-state index in [0.29, 0.717) is 12.0 Å². The number of hydrogen-bond acceptors (Lipinski definition) is 4. The fourth-order valence-corrected chi connectivity index (χ4v) is 3.65. The number of aryl methyl sites for hydroxylation is 2. The van der Waals surface area contributed by atoms with Crippen molar-refractivity contribution in [3.05, 3.63) is 85.7 Å². The van der Waals surface area contributed by atoms with Crippen LogP contribution in [0.2, 0.25) is 0 Å². The average molecular weight is 367 g/mol. The second kappa shape index (κ2) is 7.66. The summed E-state index contributed by atoms with van der Waals surface area (Å²) in [5.41, 5.74) is 3.47. The van der Waals surface area contributed by atoms with E-state index >= 15 is 0 Å². The summed E-state index contributed by atoms with van der Waals surface area (Å²) in [6.45, 7) is 3.65. The number of aromatic nitrogens is 2. The van der Waals surface area contributed by atoms with Crippen LogP contribution in [-0.4, -0.2) is 15.5 Å². The summed E-state index contributed by atoms with van der Waals surface area (Å²) in [4.78, 5) is 29.7. The van der Waals surface area contributed by atoms with Gasteiger partial charge in [0.25, 0.3) is 11.5 Å². The second-order valence-corrected chi connectivity index (χ2v) is 7.14. The van der Waals surface area contributed by atoms with Crippen molar-refractivity contribution < 1.29 is 4.79 Å². The molecule has 3 aromatic rings. The lowest BCUT2D eigenvalue weighted by molar-refractivity contribution is 0.0933. The minimum atomic E-state index is -0.354. The third-order valence-corrected chi connectivity index (χ3v) is 5.24. The Morgan fingerprint density at radius 1 is 1.35 bits per heavy atom. The van der Waals surface area contributed by atoms with Crippen molar-refractivity contribution >= 4 is 17.2 Å². The Morgan fingerprint density at radius 2 is 2.15 bits per heavy atom. The van der Waals surface area contributed by atoms with E-state index in [1.807, 2.05) is 36.6 Å².